The number of hydrogen-bond acceptors (Lipinski definition) is 4. The van der Waals surface area contributed by atoms with Crippen LogP contribution >= 0.6 is 0 Å². The van der Waals surface area contributed by atoms with Crippen LogP contribution in [0.15, 0.2) is 24.3 Å². The molecule has 0 saturated carbocycles. The van der Waals surface area contributed by atoms with E-state index in [2.05, 4.69) is 4.74 Å². The summed E-state index contributed by atoms with van der Waals surface area (Å²) in [6.45, 7) is 0. The summed E-state index contributed by atoms with van der Waals surface area (Å²) >= 11 is 0. The van der Waals surface area contributed by atoms with Gasteiger partial charge >= 0.3 is 18.3 Å². The van der Waals surface area contributed by atoms with E-state index in [-0.39, 0.29) is 0 Å². The van der Waals surface area contributed by atoms with Gasteiger partial charge in [0.25, 0.3) is 5.60 Å². The Morgan fingerprint density at radius 2 is 1.70 bits per heavy atom. The molecule has 1 unspecified atom stereocenters. The Morgan fingerprint density at radius 3 is 2.13 bits per heavy atom. The third-order valence-corrected chi connectivity index (χ3v) is 2.92. The monoisotopic (exact) mass is 344 g/mol. The fourth-order valence-corrected chi connectivity index (χ4v) is 1.66. The van der Waals surface area contributed by atoms with Crippen LogP contribution in [0.5, 0.6) is 0 Å². The summed E-state index contributed by atoms with van der Waals surface area (Å²) in [5, 5.41) is 9.43. The van der Waals surface area contributed by atoms with E-state index in [1.54, 1.807) is 0 Å². The highest BCUT2D eigenvalue weighted by atomic mass is 19.4. The number of methoxy groups -OCH3 is 1. The number of esters is 1. The van der Waals surface area contributed by atoms with Crippen LogP contribution in [0.1, 0.15) is 22.3 Å². The standard InChI is InChI=1S/C13H10F6O4/c1-23-10(21)11(22,13(17,18)19)6-9(20)7-3-2-4-8(5-7)12(14,15)16/h2-5,22H,6H2,1H3. The Morgan fingerprint density at radius 1 is 1.13 bits per heavy atom. The minimum atomic E-state index is -5.54. The Labute approximate surface area is 125 Å². The van der Waals surface area contributed by atoms with E-state index in [4.69, 9.17) is 0 Å². The molecule has 1 aromatic rings. The largest absolute Gasteiger partial charge is 0.467 e. The van der Waals surface area contributed by atoms with Crippen molar-refractivity contribution in [1.82, 2.24) is 0 Å². The number of benzene rings is 1. The van der Waals surface area contributed by atoms with E-state index in [0.717, 1.165) is 12.1 Å². The van der Waals surface area contributed by atoms with Crippen molar-refractivity contribution in [3.8, 4) is 0 Å². The number of rotatable bonds is 4. The Bertz CT molecular complexity index is 607. The van der Waals surface area contributed by atoms with Crippen LogP contribution in [0.4, 0.5) is 26.3 Å². The normalized spacial score (nSPS) is 15.0. The average Bonchev–Trinajstić information content (AvgIpc) is 2.44. The average molecular weight is 344 g/mol. The first-order valence-electron chi connectivity index (χ1n) is 5.91. The summed E-state index contributed by atoms with van der Waals surface area (Å²) in [4.78, 5) is 22.9. The van der Waals surface area contributed by atoms with Crippen molar-refractivity contribution in [3.63, 3.8) is 0 Å². The van der Waals surface area contributed by atoms with E-state index in [9.17, 15) is 41.0 Å². The van der Waals surface area contributed by atoms with Gasteiger partial charge in [-0.25, -0.2) is 4.79 Å². The van der Waals surface area contributed by atoms with Gasteiger partial charge in [0.15, 0.2) is 5.78 Å². The quantitative estimate of drug-likeness (QED) is 0.518. The number of halogens is 6. The smallest absolute Gasteiger partial charge is 0.428 e. The van der Waals surface area contributed by atoms with Gasteiger partial charge in [-0.05, 0) is 12.1 Å². The van der Waals surface area contributed by atoms with E-state index in [1.807, 2.05) is 0 Å². The number of ketones is 1. The first-order chi connectivity index (χ1) is 10.3. The van der Waals surface area contributed by atoms with Gasteiger partial charge in [-0.15, -0.1) is 0 Å². The van der Waals surface area contributed by atoms with E-state index in [0.29, 0.717) is 19.2 Å². The lowest BCUT2D eigenvalue weighted by molar-refractivity contribution is -0.260. The predicted octanol–water partition coefficient (Wildman–Crippen LogP) is 2.74. The van der Waals surface area contributed by atoms with Gasteiger partial charge in [-0.3, -0.25) is 4.79 Å². The maximum Gasteiger partial charge on any atom is 0.428 e. The van der Waals surface area contributed by atoms with E-state index in [1.165, 1.54) is 0 Å². The molecule has 4 nitrogen and oxygen atoms in total. The molecular formula is C13H10F6O4. The Balaban J connectivity index is 3.17. The van der Waals surface area contributed by atoms with Gasteiger partial charge in [0.05, 0.1) is 19.1 Å². The van der Waals surface area contributed by atoms with Crippen LogP contribution in [-0.2, 0) is 15.7 Å². The van der Waals surface area contributed by atoms with Gasteiger partial charge in [0, 0.05) is 5.56 Å². The Kier molecular flexibility index (Phi) is 5.10. The third-order valence-electron chi connectivity index (χ3n) is 2.92. The summed E-state index contributed by atoms with van der Waals surface area (Å²) in [7, 11) is 0.563. The van der Waals surface area contributed by atoms with Crippen LogP contribution in [0.2, 0.25) is 0 Å². The number of ether oxygens (including phenoxy) is 1. The van der Waals surface area contributed by atoms with Crippen molar-refractivity contribution in [1.29, 1.82) is 0 Å². The molecular weight excluding hydrogens is 334 g/mol. The number of aliphatic hydroxyl groups is 1. The Hall–Kier alpha value is -2.10. The number of carbonyl (C=O) groups is 2. The molecule has 1 aromatic carbocycles. The van der Waals surface area contributed by atoms with Crippen LogP contribution < -0.4 is 0 Å². The fourth-order valence-electron chi connectivity index (χ4n) is 1.66. The predicted molar refractivity (Wildman–Crippen MR) is 63.4 cm³/mol. The molecule has 0 aliphatic heterocycles. The molecule has 1 N–H and O–H groups in total. The summed E-state index contributed by atoms with van der Waals surface area (Å²) in [5.41, 5.74) is -6.13. The summed E-state index contributed by atoms with van der Waals surface area (Å²) < 4.78 is 79.8. The molecule has 1 atom stereocenters. The molecule has 0 saturated heterocycles. The highest BCUT2D eigenvalue weighted by Gasteiger charge is 2.61. The molecule has 0 aliphatic rings. The second kappa shape index (κ2) is 6.19. The molecule has 0 spiro atoms. The molecule has 0 bridgehead atoms. The second-order valence-electron chi connectivity index (χ2n) is 4.53. The van der Waals surface area contributed by atoms with Gasteiger partial charge in [-0.1, -0.05) is 12.1 Å². The number of hydrogen-bond donors (Lipinski definition) is 1. The molecule has 0 aromatic heterocycles. The van der Waals surface area contributed by atoms with Crippen molar-refractivity contribution in [2.45, 2.75) is 24.4 Å². The van der Waals surface area contributed by atoms with Gasteiger partial charge in [-0.2, -0.15) is 26.3 Å². The summed E-state index contributed by atoms with van der Waals surface area (Å²) in [5.74, 6) is -3.63. The molecule has 23 heavy (non-hydrogen) atoms. The lowest BCUT2D eigenvalue weighted by Crippen LogP contribution is -2.54. The van der Waals surface area contributed by atoms with Crippen LogP contribution in [-0.4, -0.2) is 35.7 Å². The highest BCUT2D eigenvalue weighted by molar-refractivity contribution is 6.00. The molecule has 0 aliphatic carbocycles. The summed E-state index contributed by atoms with van der Waals surface area (Å²) in [6, 6.07) is 2.61. The molecule has 0 amide bonds. The highest BCUT2D eigenvalue weighted by Crippen LogP contribution is 2.36. The van der Waals surface area contributed by atoms with Gasteiger partial charge in [0.2, 0.25) is 0 Å². The zero-order valence-electron chi connectivity index (χ0n) is 11.5. The molecule has 10 heteroatoms. The first kappa shape index (κ1) is 18.9. The molecule has 0 heterocycles. The van der Waals surface area contributed by atoms with Crippen molar-refractivity contribution in [3.05, 3.63) is 35.4 Å². The minimum Gasteiger partial charge on any atom is -0.467 e. The molecule has 0 fully saturated rings. The maximum atomic E-state index is 12.8. The van der Waals surface area contributed by atoms with Crippen LogP contribution in [0, 0.1) is 0 Å². The molecule has 0 radical (unpaired) electrons. The zero-order chi connectivity index (χ0) is 18.1. The van der Waals surface area contributed by atoms with Gasteiger partial charge in [0.1, 0.15) is 0 Å². The fraction of sp³-hybridized carbons (Fsp3) is 0.385. The van der Waals surface area contributed by atoms with Crippen molar-refractivity contribution in [2.24, 2.45) is 0 Å². The van der Waals surface area contributed by atoms with Crippen molar-refractivity contribution < 1.29 is 45.8 Å². The molecule has 128 valence electrons. The number of alkyl halides is 6. The minimum absolute atomic E-state index is 0.330. The topological polar surface area (TPSA) is 63.6 Å². The molecule has 1 rings (SSSR count). The number of carbonyl (C=O) groups excluding carboxylic acids is 2. The van der Waals surface area contributed by atoms with E-state index < -0.39 is 47.3 Å². The lowest BCUT2D eigenvalue weighted by atomic mass is 9.92. The van der Waals surface area contributed by atoms with Crippen molar-refractivity contribution >= 4 is 11.8 Å². The van der Waals surface area contributed by atoms with Crippen LogP contribution in [0.3, 0.4) is 0 Å². The van der Waals surface area contributed by atoms with Gasteiger partial charge < -0.3 is 9.84 Å². The number of Topliss-reactive ketones (excluding diaryl/α,β-unsaturated/α-hetero) is 1. The van der Waals surface area contributed by atoms with E-state index >= 15 is 0 Å². The lowest BCUT2D eigenvalue weighted by Gasteiger charge is -2.26. The maximum absolute atomic E-state index is 12.8. The second-order valence-corrected chi connectivity index (χ2v) is 4.53. The third kappa shape index (κ3) is 4.01. The van der Waals surface area contributed by atoms with Crippen molar-refractivity contribution in [2.75, 3.05) is 7.11 Å². The SMILES string of the molecule is COC(=O)C(O)(CC(=O)c1cccc(C(F)(F)F)c1)C(F)(F)F. The zero-order valence-corrected chi connectivity index (χ0v) is 11.5. The summed E-state index contributed by atoms with van der Waals surface area (Å²) in [6.07, 6.45) is -12.2. The van der Waals surface area contributed by atoms with Crippen LogP contribution in [0.25, 0.3) is 0 Å². The first-order valence-corrected chi connectivity index (χ1v) is 5.91.